The smallest absolute Gasteiger partial charge is 0.294 e. The number of benzene rings is 1. The maximum absolute atomic E-state index is 12.4. The van der Waals surface area contributed by atoms with Crippen molar-refractivity contribution in [1.29, 1.82) is 0 Å². The van der Waals surface area contributed by atoms with E-state index in [1.165, 1.54) is 5.56 Å². The number of aryl methyl sites for hydroxylation is 2. The monoisotopic (exact) mass is 334 g/mol. The molecule has 0 fully saturated rings. The highest BCUT2D eigenvalue weighted by molar-refractivity contribution is 9.10. The molecule has 20 heavy (non-hydrogen) atoms. The van der Waals surface area contributed by atoms with E-state index in [1.807, 2.05) is 32.2 Å². The first kappa shape index (κ1) is 13.2. The quantitative estimate of drug-likeness (QED) is 0.871. The molecule has 0 saturated heterocycles. The predicted octanol–water partition coefficient (Wildman–Crippen LogP) is 3.09. The van der Waals surface area contributed by atoms with Crippen LogP contribution in [0.3, 0.4) is 0 Å². The predicted molar refractivity (Wildman–Crippen MR) is 82.2 cm³/mol. The number of aromatic nitrogens is 2. The Morgan fingerprint density at radius 3 is 2.90 bits per heavy atom. The zero-order chi connectivity index (χ0) is 14.3. The van der Waals surface area contributed by atoms with Gasteiger partial charge in [-0.3, -0.25) is 14.9 Å². The molecule has 0 bridgehead atoms. The lowest BCUT2D eigenvalue weighted by Crippen LogP contribution is -2.33. The molecule has 2 aromatic rings. The minimum atomic E-state index is -0.121. The van der Waals surface area contributed by atoms with Crippen molar-refractivity contribution in [3.8, 4) is 0 Å². The standard InChI is InChI=1S/C14H15BrN4O/c1-9-7-13(18(2)17-9)16-14(20)19-6-5-10-3-4-11(15)8-12(10)19/h3-4,7-8H,5-6H2,1-2H3,(H,16,20). The third-order valence-electron chi connectivity index (χ3n) is 3.43. The van der Waals surface area contributed by atoms with Gasteiger partial charge in [0.2, 0.25) is 0 Å². The fraction of sp³-hybridized carbons (Fsp3) is 0.286. The second-order valence-electron chi connectivity index (χ2n) is 4.90. The van der Waals surface area contributed by atoms with Crippen molar-refractivity contribution in [2.45, 2.75) is 13.3 Å². The molecule has 1 aromatic heterocycles. The summed E-state index contributed by atoms with van der Waals surface area (Å²) in [6, 6.07) is 7.78. The van der Waals surface area contributed by atoms with Gasteiger partial charge in [0.05, 0.1) is 5.69 Å². The van der Waals surface area contributed by atoms with Crippen molar-refractivity contribution in [1.82, 2.24) is 9.78 Å². The van der Waals surface area contributed by atoms with E-state index in [2.05, 4.69) is 32.4 Å². The number of carbonyl (C=O) groups excluding carboxylic acids is 1. The molecule has 1 aliphatic heterocycles. The van der Waals surface area contributed by atoms with E-state index in [1.54, 1.807) is 9.58 Å². The van der Waals surface area contributed by atoms with Crippen molar-refractivity contribution in [2.24, 2.45) is 7.05 Å². The van der Waals surface area contributed by atoms with Crippen molar-refractivity contribution in [3.05, 3.63) is 40.0 Å². The second kappa shape index (κ2) is 4.94. The Labute approximate surface area is 125 Å². The number of amides is 2. The van der Waals surface area contributed by atoms with E-state index >= 15 is 0 Å². The Morgan fingerprint density at radius 2 is 2.20 bits per heavy atom. The van der Waals surface area contributed by atoms with Crippen molar-refractivity contribution < 1.29 is 4.79 Å². The van der Waals surface area contributed by atoms with Gasteiger partial charge in [0.1, 0.15) is 5.82 Å². The third-order valence-corrected chi connectivity index (χ3v) is 3.92. The highest BCUT2D eigenvalue weighted by Crippen LogP contribution is 2.31. The summed E-state index contributed by atoms with van der Waals surface area (Å²) >= 11 is 3.45. The van der Waals surface area contributed by atoms with E-state index < -0.39 is 0 Å². The van der Waals surface area contributed by atoms with Gasteiger partial charge in [-0.2, -0.15) is 5.10 Å². The SMILES string of the molecule is Cc1cc(NC(=O)N2CCc3ccc(Br)cc32)n(C)n1. The molecule has 0 unspecified atom stereocenters. The van der Waals surface area contributed by atoms with Gasteiger partial charge in [-0.05, 0) is 31.0 Å². The molecule has 2 amide bonds. The first-order chi connectivity index (χ1) is 9.54. The average molecular weight is 335 g/mol. The average Bonchev–Trinajstić information content (AvgIpc) is 2.93. The van der Waals surface area contributed by atoms with Gasteiger partial charge in [0.15, 0.2) is 0 Å². The Morgan fingerprint density at radius 1 is 1.40 bits per heavy atom. The number of nitrogens with one attached hydrogen (secondary N) is 1. The molecule has 0 aliphatic carbocycles. The van der Waals surface area contributed by atoms with Gasteiger partial charge >= 0.3 is 6.03 Å². The number of halogens is 1. The summed E-state index contributed by atoms with van der Waals surface area (Å²) in [7, 11) is 1.82. The van der Waals surface area contributed by atoms with Gasteiger partial charge in [0.25, 0.3) is 0 Å². The summed E-state index contributed by atoms with van der Waals surface area (Å²) in [6.45, 7) is 2.60. The van der Waals surface area contributed by atoms with Crippen LogP contribution in [0.4, 0.5) is 16.3 Å². The summed E-state index contributed by atoms with van der Waals surface area (Å²) in [5.74, 6) is 0.705. The zero-order valence-corrected chi connectivity index (χ0v) is 12.9. The highest BCUT2D eigenvalue weighted by Gasteiger charge is 2.25. The van der Waals surface area contributed by atoms with Crippen molar-refractivity contribution >= 4 is 33.5 Å². The lowest BCUT2D eigenvalue weighted by Gasteiger charge is -2.18. The first-order valence-electron chi connectivity index (χ1n) is 6.42. The molecule has 1 N–H and O–H groups in total. The number of rotatable bonds is 1. The number of nitrogens with zero attached hydrogens (tertiary/aromatic N) is 3. The number of urea groups is 1. The zero-order valence-electron chi connectivity index (χ0n) is 11.4. The molecule has 0 saturated carbocycles. The van der Waals surface area contributed by atoms with E-state index in [0.717, 1.165) is 22.3 Å². The Bertz CT molecular complexity index is 680. The first-order valence-corrected chi connectivity index (χ1v) is 7.21. The van der Waals surface area contributed by atoms with Crippen LogP contribution in [-0.2, 0) is 13.5 Å². The molecule has 2 heterocycles. The van der Waals surface area contributed by atoms with E-state index in [0.29, 0.717) is 12.4 Å². The van der Waals surface area contributed by atoms with Crippen LogP contribution in [0.1, 0.15) is 11.3 Å². The van der Waals surface area contributed by atoms with Gasteiger partial charge in [-0.25, -0.2) is 4.79 Å². The molecule has 6 heteroatoms. The Hall–Kier alpha value is -1.82. The van der Waals surface area contributed by atoms with Gasteiger partial charge in [-0.15, -0.1) is 0 Å². The summed E-state index contributed by atoms with van der Waals surface area (Å²) in [5.41, 5.74) is 3.05. The lowest BCUT2D eigenvalue weighted by molar-refractivity contribution is 0.257. The van der Waals surface area contributed by atoms with Crippen LogP contribution in [0, 0.1) is 6.92 Å². The Balaban J connectivity index is 1.83. The van der Waals surface area contributed by atoms with Gasteiger partial charge in [-0.1, -0.05) is 22.0 Å². The number of anilines is 2. The van der Waals surface area contributed by atoms with E-state index in [-0.39, 0.29) is 6.03 Å². The van der Waals surface area contributed by atoms with Crippen LogP contribution in [0.25, 0.3) is 0 Å². The van der Waals surface area contributed by atoms with Crippen LogP contribution < -0.4 is 10.2 Å². The summed E-state index contributed by atoms with van der Waals surface area (Å²) < 4.78 is 2.65. The van der Waals surface area contributed by atoms with Crippen LogP contribution >= 0.6 is 15.9 Å². The topological polar surface area (TPSA) is 50.2 Å². The number of fused-ring (bicyclic) bond motifs is 1. The van der Waals surface area contributed by atoms with E-state index in [9.17, 15) is 4.79 Å². The van der Waals surface area contributed by atoms with Gasteiger partial charge < -0.3 is 0 Å². The van der Waals surface area contributed by atoms with E-state index in [4.69, 9.17) is 0 Å². The van der Waals surface area contributed by atoms with Crippen LogP contribution in [0.2, 0.25) is 0 Å². The molecular formula is C14H15BrN4O. The molecule has 104 valence electrons. The molecule has 3 rings (SSSR count). The molecule has 0 radical (unpaired) electrons. The number of hydrogen-bond donors (Lipinski definition) is 1. The third kappa shape index (κ3) is 2.31. The minimum Gasteiger partial charge on any atom is -0.294 e. The highest BCUT2D eigenvalue weighted by atomic mass is 79.9. The Kier molecular flexibility index (Phi) is 3.25. The molecule has 0 spiro atoms. The minimum absolute atomic E-state index is 0.121. The summed E-state index contributed by atoms with van der Waals surface area (Å²) in [6.07, 6.45) is 0.889. The van der Waals surface area contributed by atoms with Crippen molar-refractivity contribution in [3.63, 3.8) is 0 Å². The normalized spacial score (nSPS) is 13.4. The number of hydrogen-bond acceptors (Lipinski definition) is 2. The largest absolute Gasteiger partial charge is 0.327 e. The molecular weight excluding hydrogens is 320 g/mol. The maximum Gasteiger partial charge on any atom is 0.327 e. The fourth-order valence-electron chi connectivity index (χ4n) is 2.47. The van der Waals surface area contributed by atoms with Crippen LogP contribution in [-0.4, -0.2) is 22.4 Å². The van der Waals surface area contributed by atoms with Crippen LogP contribution in [0.5, 0.6) is 0 Å². The van der Waals surface area contributed by atoms with Gasteiger partial charge in [0, 0.05) is 29.8 Å². The van der Waals surface area contributed by atoms with Crippen LogP contribution in [0.15, 0.2) is 28.7 Å². The summed E-state index contributed by atoms with van der Waals surface area (Å²) in [5, 5.41) is 7.13. The molecule has 1 aliphatic rings. The van der Waals surface area contributed by atoms with Crippen molar-refractivity contribution in [2.75, 3.05) is 16.8 Å². The fourth-order valence-corrected chi connectivity index (χ4v) is 2.82. The lowest BCUT2D eigenvalue weighted by atomic mass is 10.2. The molecule has 5 nitrogen and oxygen atoms in total. The number of carbonyl (C=O) groups is 1. The summed E-state index contributed by atoms with van der Waals surface area (Å²) in [4.78, 5) is 14.2. The molecule has 0 atom stereocenters. The maximum atomic E-state index is 12.4. The molecule has 1 aromatic carbocycles. The second-order valence-corrected chi connectivity index (χ2v) is 5.82.